The maximum atomic E-state index is 11.1. The molecule has 0 fully saturated rings. The second kappa shape index (κ2) is 5.16. The quantitative estimate of drug-likeness (QED) is 0.871. The van der Waals surface area contributed by atoms with Crippen LogP contribution < -0.4 is 0 Å². The van der Waals surface area contributed by atoms with Crippen molar-refractivity contribution in [2.24, 2.45) is 0 Å². The van der Waals surface area contributed by atoms with Crippen LogP contribution in [-0.2, 0) is 6.54 Å². The number of carbonyl (C=O) groups is 1. The molecule has 2 rings (SSSR count). The number of aromatic nitrogens is 3. The zero-order valence-electron chi connectivity index (χ0n) is 9.25. The zero-order valence-corrected chi connectivity index (χ0v) is 10.0. The van der Waals surface area contributed by atoms with Gasteiger partial charge in [0.05, 0.1) is 13.2 Å². The van der Waals surface area contributed by atoms with Crippen molar-refractivity contribution in [2.75, 3.05) is 6.61 Å². The lowest BCUT2D eigenvalue weighted by atomic mass is 10.1. The van der Waals surface area contributed by atoms with Gasteiger partial charge in [-0.05, 0) is 12.1 Å². The summed E-state index contributed by atoms with van der Waals surface area (Å²) >= 11 is 5.88. The average molecular weight is 268 g/mol. The van der Waals surface area contributed by atoms with E-state index in [1.54, 1.807) is 24.3 Å². The van der Waals surface area contributed by atoms with E-state index in [1.807, 2.05) is 0 Å². The van der Waals surface area contributed by atoms with Crippen LogP contribution in [0.4, 0.5) is 0 Å². The van der Waals surface area contributed by atoms with E-state index < -0.39 is 5.97 Å². The highest BCUT2D eigenvalue weighted by Crippen LogP contribution is 2.25. The number of nitrogens with zero attached hydrogens (tertiary/aromatic N) is 3. The first-order valence-corrected chi connectivity index (χ1v) is 5.55. The number of aromatic carboxylic acids is 1. The van der Waals surface area contributed by atoms with Crippen molar-refractivity contribution >= 4 is 17.6 Å². The minimum Gasteiger partial charge on any atom is -0.476 e. The third-order valence-corrected chi connectivity index (χ3v) is 2.58. The Kier molecular flexibility index (Phi) is 3.59. The summed E-state index contributed by atoms with van der Waals surface area (Å²) in [6.45, 7) is 0.0120. The van der Waals surface area contributed by atoms with Crippen molar-refractivity contribution in [3.8, 4) is 11.3 Å². The Balaban J connectivity index is 2.59. The lowest BCUT2D eigenvalue weighted by Gasteiger charge is -2.05. The number of benzene rings is 1. The highest BCUT2D eigenvalue weighted by atomic mass is 35.5. The molecule has 6 nitrogen and oxygen atoms in total. The minimum atomic E-state index is -1.17. The number of halogens is 1. The van der Waals surface area contributed by atoms with Crippen molar-refractivity contribution < 1.29 is 15.0 Å². The van der Waals surface area contributed by atoms with Crippen LogP contribution in [0.25, 0.3) is 11.3 Å². The predicted molar refractivity (Wildman–Crippen MR) is 64.5 cm³/mol. The summed E-state index contributed by atoms with van der Waals surface area (Å²) in [4.78, 5) is 11.1. The van der Waals surface area contributed by atoms with Gasteiger partial charge >= 0.3 is 5.97 Å². The third-order valence-electron chi connectivity index (χ3n) is 2.35. The molecule has 0 bridgehead atoms. The number of hydrogen-bond acceptors (Lipinski definition) is 4. The second-order valence-corrected chi connectivity index (χ2v) is 3.99. The van der Waals surface area contributed by atoms with Crippen LogP contribution in [-0.4, -0.2) is 37.8 Å². The van der Waals surface area contributed by atoms with E-state index in [9.17, 15) is 4.79 Å². The van der Waals surface area contributed by atoms with Gasteiger partial charge in [-0.1, -0.05) is 28.9 Å². The van der Waals surface area contributed by atoms with Crippen molar-refractivity contribution in [3.63, 3.8) is 0 Å². The molecule has 2 aromatic rings. The molecule has 0 aliphatic carbocycles. The van der Waals surface area contributed by atoms with Gasteiger partial charge in [-0.25, -0.2) is 9.48 Å². The Bertz CT molecular complexity index is 583. The smallest absolute Gasteiger partial charge is 0.358 e. The molecule has 2 N–H and O–H groups in total. The Morgan fingerprint density at radius 3 is 2.83 bits per heavy atom. The predicted octanol–water partition coefficient (Wildman–Crippen LogP) is 1.29. The van der Waals surface area contributed by atoms with Gasteiger partial charge in [0.15, 0.2) is 5.69 Å². The Hall–Kier alpha value is -1.92. The summed E-state index contributed by atoms with van der Waals surface area (Å²) in [5, 5.41) is 25.8. The molecule has 0 radical (unpaired) electrons. The minimum absolute atomic E-state index is 0.157. The van der Waals surface area contributed by atoms with Crippen LogP contribution in [0.2, 0.25) is 5.02 Å². The SMILES string of the molecule is O=C(O)c1nnn(CCO)c1-c1cccc(Cl)c1. The molecule has 94 valence electrons. The highest BCUT2D eigenvalue weighted by molar-refractivity contribution is 6.30. The molecule has 0 atom stereocenters. The summed E-state index contributed by atoms with van der Waals surface area (Å²) in [5.74, 6) is -1.17. The largest absolute Gasteiger partial charge is 0.476 e. The summed E-state index contributed by atoms with van der Waals surface area (Å²) in [6, 6.07) is 6.73. The molecule has 1 aromatic carbocycles. The van der Waals surface area contributed by atoms with Gasteiger partial charge in [0, 0.05) is 10.6 Å². The molecule has 0 aliphatic rings. The lowest BCUT2D eigenvalue weighted by Crippen LogP contribution is -2.07. The van der Waals surface area contributed by atoms with Gasteiger partial charge < -0.3 is 10.2 Å². The number of aliphatic hydroxyl groups is 1. The highest BCUT2D eigenvalue weighted by Gasteiger charge is 2.20. The van der Waals surface area contributed by atoms with Crippen LogP contribution in [0.15, 0.2) is 24.3 Å². The van der Waals surface area contributed by atoms with E-state index in [-0.39, 0.29) is 18.8 Å². The molecule has 0 aliphatic heterocycles. The molecule has 18 heavy (non-hydrogen) atoms. The normalized spacial score (nSPS) is 10.6. The fourth-order valence-electron chi connectivity index (χ4n) is 1.63. The summed E-state index contributed by atoms with van der Waals surface area (Å²) in [6.07, 6.45) is 0. The monoisotopic (exact) mass is 267 g/mol. The van der Waals surface area contributed by atoms with Crippen LogP contribution in [0.1, 0.15) is 10.5 Å². The molecule has 1 heterocycles. The van der Waals surface area contributed by atoms with E-state index in [0.29, 0.717) is 16.3 Å². The van der Waals surface area contributed by atoms with Gasteiger partial charge in [0.25, 0.3) is 0 Å². The summed E-state index contributed by atoms with van der Waals surface area (Å²) in [7, 11) is 0. The van der Waals surface area contributed by atoms with E-state index in [2.05, 4.69) is 10.3 Å². The fraction of sp³-hybridized carbons (Fsp3) is 0.182. The molecule has 0 spiro atoms. The van der Waals surface area contributed by atoms with Crippen LogP contribution >= 0.6 is 11.6 Å². The van der Waals surface area contributed by atoms with Crippen molar-refractivity contribution in [2.45, 2.75) is 6.54 Å². The Morgan fingerprint density at radius 2 is 2.22 bits per heavy atom. The molecule has 0 unspecified atom stereocenters. The number of rotatable bonds is 4. The van der Waals surface area contributed by atoms with E-state index in [4.69, 9.17) is 21.8 Å². The maximum absolute atomic E-state index is 11.1. The van der Waals surface area contributed by atoms with Gasteiger partial charge in [0.2, 0.25) is 0 Å². The average Bonchev–Trinajstić information content (AvgIpc) is 2.73. The van der Waals surface area contributed by atoms with E-state index >= 15 is 0 Å². The summed E-state index contributed by atoms with van der Waals surface area (Å²) < 4.78 is 1.34. The second-order valence-electron chi connectivity index (χ2n) is 3.55. The van der Waals surface area contributed by atoms with Crippen LogP contribution in [0.5, 0.6) is 0 Å². The number of hydrogen-bond donors (Lipinski definition) is 2. The number of carboxylic acid groups (broad SMARTS) is 1. The molecule has 1 aromatic heterocycles. The third kappa shape index (κ3) is 2.34. The summed E-state index contributed by atoms with van der Waals surface area (Å²) in [5.41, 5.74) is 0.767. The number of aliphatic hydroxyl groups excluding tert-OH is 1. The number of carboxylic acids is 1. The molecule has 0 saturated carbocycles. The lowest BCUT2D eigenvalue weighted by molar-refractivity contribution is 0.0691. The van der Waals surface area contributed by atoms with Crippen LogP contribution in [0, 0.1) is 0 Å². The van der Waals surface area contributed by atoms with Gasteiger partial charge in [0.1, 0.15) is 5.69 Å². The first kappa shape index (κ1) is 12.5. The Morgan fingerprint density at radius 1 is 1.44 bits per heavy atom. The molecule has 0 saturated heterocycles. The standard InChI is InChI=1S/C11H10ClN3O3/c12-8-3-1-2-7(6-8)10-9(11(17)18)13-14-15(10)4-5-16/h1-3,6,16H,4-5H2,(H,17,18). The fourth-order valence-corrected chi connectivity index (χ4v) is 1.82. The molecule has 7 heteroatoms. The van der Waals surface area contributed by atoms with Crippen molar-refractivity contribution in [1.29, 1.82) is 0 Å². The first-order chi connectivity index (χ1) is 8.63. The molecule has 0 amide bonds. The van der Waals surface area contributed by atoms with Crippen LogP contribution in [0.3, 0.4) is 0 Å². The van der Waals surface area contributed by atoms with Crippen molar-refractivity contribution in [1.82, 2.24) is 15.0 Å². The van der Waals surface area contributed by atoms with E-state index in [0.717, 1.165) is 0 Å². The zero-order chi connectivity index (χ0) is 13.1. The Labute approximate surface area is 107 Å². The molecular weight excluding hydrogens is 258 g/mol. The van der Waals surface area contributed by atoms with Gasteiger partial charge in [-0.3, -0.25) is 0 Å². The van der Waals surface area contributed by atoms with Crippen molar-refractivity contribution in [3.05, 3.63) is 35.0 Å². The topological polar surface area (TPSA) is 88.2 Å². The van der Waals surface area contributed by atoms with E-state index in [1.165, 1.54) is 4.68 Å². The molecular formula is C11H10ClN3O3. The maximum Gasteiger partial charge on any atom is 0.358 e. The van der Waals surface area contributed by atoms with Gasteiger partial charge in [-0.15, -0.1) is 5.10 Å². The van der Waals surface area contributed by atoms with Gasteiger partial charge in [-0.2, -0.15) is 0 Å². The first-order valence-electron chi connectivity index (χ1n) is 5.17.